The summed E-state index contributed by atoms with van der Waals surface area (Å²) in [7, 11) is 1.84. The Morgan fingerprint density at radius 3 is 3.09 bits per heavy atom. The average Bonchev–Trinajstić information content (AvgIpc) is 2.37. The van der Waals surface area contributed by atoms with Gasteiger partial charge in [-0.05, 0) is 12.0 Å². The lowest BCUT2D eigenvalue weighted by molar-refractivity contribution is 0.305. The minimum Gasteiger partial charge on any atom is -0.395 e. The maximum atomic E-state index is 8.42. The normalized spacial score (nSPS) is 8.91. The molecule has 1 aromatic rings. The van der Waals surface area contributed by atoms with Gasteiger partial charge >= 0.3 is 0 Å². The predicted molar refractivity (Wildman–Crippen MR) is 41.8 cm³/mol. The van der Waals surface area contributed by atoms with E-state index in [4.69, 9.17) is 5.11 Å². The second-order valence-electron chi connectivity index (χ2n) is 2.15. The van der Waals surface area contributed by atoms with Crippen LogP contribution >= 0.6 is 0 Å². The van der Waals surface area contributed by atoms with Crippen molar-refractivity contribution in [2.75, 3.05) is 6.61 Å². The first kappa shape index (κ1) is 7.83. The standard InChI is InChI=1S/C8H10N2O/c1-10-6-5-8(9-10)4-2-3-7-11/h5-6,11H,3,7H2,1H3. The SMILES string of the molecule is Cn1ccc(C#CCCO)n1. The van der Waals surface area contributed by atoms with E-state index in [1.807, 2.05) is 19.3 Å². The molecule has 0 atom stereocenters. The molecule has 11 heavy (non-hydrogen) atoms. The molecule has 1 N–H and O–H groups in total. The summed E-state index contributed by atoms with van der Waals surface area (Å²) in [5.41, 5.74) is 0.751. The molecular formula is C8H10N2O. The molecule has 0 aromatic carbocycles. The molecule has 0 saturated heterocycles. The van der Waals surface area contributed by atoms with Crippen LogP contribution in [0.5, 0.6) is 0 Å². The smallest absolute Gasteiger partial charge is 0.135 e. The molecule has 0 saturated carbocycles. The highest BCUT2D eigenvalue weighted by atomic mass is 16.2. The summed E-state index contributed by atoms with van der Waals surface area (Å²) in [6.07, 6.45) is 2.35. The van der Waals surface area contributed by atoms with Gasteiger partial charge in [0, 0.05) is 19.7 Å². The molecular weight excluding hydrogens is 140 g/mol. The van der Waals surface area contributed by atoms with Crippen molar-refractivity contribution >= 4 is 0 Å². The number of rotatable bonds is 1. The summed E-state index contributed by atoms with van der Waals surface area (Å²) in [4.78, 5) is 0. The maximum absolute atomic E-state index is 8.42. The minimum atomic E-state index is 0.111. The minimum absolute atomic E-state index is 0.111. The Morgan fingerprint density at radius 1 is 1.73 bits per heavy atom. The van der Waals surface area contributed by atoms with Crippen LogP contribution in [0.15, 0.2) is 12.3 Å². The molecule has 3 nitrogen and oxygen atoms in total. The van der Waals surface area contributed by atoms with Crippen LogP contribution in [-0.2, 0) is 7.05 Å². The Bertz CT molecular complexity index is 280. The molecule has 1 heterocycles. The number of nitrogens with zero attached hydrogens (tertiary/aromatic N) is 2. The molecule has 0 amide bonds. The highest BCUT2D eigenvalue weighted by Crippen LogP contribution is 1.89. The van der Waals surface area contributed by atoms with Gasteiger partial charge in [-0.25, -0.2) is 0 Å². The van der Waals surface area contributed by atoms with E-state index in [0.29, 0.717) is 6.42 Å². The van der Waals surface area contributed by atoms with Gasteiger partial charge < -0.3 is 5.11 Å². The fraction of sp³-hybridized carbons (Fsp3) is 0.375. The van der Waals surface area contributed by atoms with Gasteiger partial charge in [-0.3, -0.25) is 4.68 Å². The van der Waals surface area contributed by atoms with E-state index >= 15 is 0 Å². The summed E-state index contributed by atoms with van der Waals surface area (Å²) in [6.45, 7) is 0.111. The Morgan fingerprint density at radius 2 is 2.55 bits per heavy atom. The number of aryl methyl sites for hydroxylation is 1. The number of aliphatic hydroxyl groups excluding tert-OH is 1. The second-order valence-corrected chi connectivity index (χ2v) is 2.15. The van der Waals surface area contributed by atoms with Crippen molar-refractivity contribution in [2.45, 2.75) is 6.42 Å². The molecule has 58 valence electrons. The lowest BCUT2D eigenvalue weighted by Crippen LogP contribution is -1.87. The molecule has 0 radical (unpaired) electrons. The molecule has 1 aromatic heterocycles. The topological polar surface area (TPSA) is 38.0 Å². The summed E-state index contributed by atoms with van der Waals surface area (Å²) in [5.74, 6) is 5.61. The van der Waals surface area contributed by atoms with Crippen molar-refractivity contribution in [3.8, 4) is 11.8 Å². The summed E-state index contributed by atoms with van der Waals surface area (Å²) >= 11 is 0. The first-order valence-corrected chi connectivity index (χ1v) is 3.42. The van der Waals surface area contributed by atoms with Gasteiger partial charge in [0.15, 0.2) is 0 Å². The van der Waals surface area contributed by atoms with E-state index in [0.717, 1.165) is 5.69 Å². The zero-order chi connectivity index (χ0) is 8.10. The molecule has 0 aliphatic rings. The van der Waals surface area contributed by atoms with E-state index in [1.165, 1.54) is 0 Å². The van der Waals surface area contributed by atoms with E-state index in [2.05, 4.69) is 16.9 Å². The zero-order valence-electron chi connectivity index (χ0n) is 6.41. The fourth-order valence-corrected chi connectivity index (χ4v) is 0.691. The van der Waals surface area contributed by atoms with E-state index in [9.17, 15) is 0 Å². The maximum Gasteiger partial charge on any atom is 0.135 e. The molecule has 1 rings (SSSR count). The molecule has 0 bridgehead atoms. The molecule has 0 spiro atoms. The number of hydrogen-bond acceptors (Lipinski definition) is 2. The second kappa shape index (κ2) is 3.79. The van der Waals surface area contributed by atoms with Crippen molar-refractivity contribution in [1.29, 1.82) is 0 Å². The van der Waals surface area contributed by atoms with Gasteiger partial charge in [0.25, 0.3) is 0 Å². The van der Waals surface area contributed by atoms with Crippen LogP contribution in [0, 0.1) is 11.8 Å². The third-order valence-electron chi connectivity index (χ3n) is 1.17. The Labute approximate surface area is 65.7 Å². The summed E-state index contributed by atoms with van der Waals surface area (Å²) in [6, 6.07) is 1.84. The zero-order valence-corrected chi connectivity index (χ0v) is 6.41. The van der Waals surface area contributed by atoms with Crippen molar-refractivity contribution in [3.63, 3.8) is 0 Å². The largest absolute Gasteiger partial charge is 0.395 e. The first-order chi connectivity index (χ1) is 5.33. The van der Waals surface area contributed by atoms with Gasteiger partial charge in [0.1, 0.15) is 5.69 Å². The third kappa shape index (κ3) is 2.44. The Balaban J connectivity index is 2.59. The van der Waals surface area contributed by atoms with Crippen molar-refractivity contribution in [2.24, 2.45) is 7.05 Å². The lowest BCUT2D eigenvalue weighted by atomic mass is 10.4. The van der Waals surface area contributed by atoms with E-state index in [-0.39, 0.29) is 6.61 Å². The van der Waals surface area contributed by atoms with Gasteiger partial charge in [-0.2, -0.15) is 5.10 Å². The molecule has 3 heteroatoms. The van der Waals surface area contributed by atoms with E-state index in [1.54, 1.807) is 4.68 Å². The first-order valence-electron chi connectivity index (χ1n) is 3.42. The Hall–Kier alpha value is -1.27. The van der Waals surface area contributed by atoms with Gasteiger partial charge in [-0.1, -0.05) is 5.92 Å². The molecule has 0 fully saturated rings. The van der Waals surface area contributed by atoms with Gasteiger partial charge in [0.05, 0.1) is 6.61 Å². The summed E-state index contributed by atoms with van der Waals surface area (Å²) in [5, 5.41) is 12.5. The summed E-state index contributed by atoms with van der Waals surface area (Å²) < 4.78 is 1.70. The predicted octanol–water partition coefficient (Wildman–Crippen LogP) is 0.154. The quantitative estimate of drug-likeness (QED) is 0.579. The number of aromatic nitrogens is 2. The molecule has 0 aliphatic carbocycles. The van der Waals surface area contributed by atoms with Crippen LogP contribution in [0.2, 0.25) is 0 Å². The van der Waals surface area contributed by atoms with Crippen LogP contribution in [-0.4, -0.2) is 21.5 Å². The van der Waals surface area contributed by atoms with Crippen molar-refractivity contribution < 1.29 is 5.11 Å². The number of hydrogen-bond donors (Lipinski definition) is 1. The Kier molecular flexibility index (Phi) is 2.70. The lowest BCUT2D eigenvalue weighted by Gasteiger charge is -1.81. The monoisotopic (exact) mass is 150 g/mol. The average molecular weight is 150 g/mol. The number of aliphatic hydroxyl groups is 1. The van der Waals surface area contributed by atoms with Gasteiger partial charge in [-0.15, -0.1) is 0 Å². The highest BCUT2D eigenvalue weighted by molar-refractivity contribution is 5.25. The van der Waals surface area contributed by atoms with Crippen LogP contribution in [0.25, 0.3) is 0 Å². The van der Waals surface area contributed by atoms with E-state index < -0.39 is 0 Å². The van der Waals surface area contributed by atoms with Gasteiger partial charge in [0.2, 0.25) is 0 Å². The fourth-order valence-electron chi connectivity index (χ4n) is 0.691. The van der Waals surface area contributed by atoms with Crippen LogP contribution in [0.3, 0.4) is 0 Å². The van der Waals surface area contributed by atoms with Crippen LogP contribution < -0.4 is 0 Å². The van der Waals surface area contributed by atoms with Crippen LogP contribution in [0.4, 0.5) is 0 Å². The van der Waals surface area contributed by atoms with Crippen molar-refractivity contribution in [3.05, 3.63) is 18.0 Å². The third-order valence-corrected chi connectivity index (χ3v) is 1.17. The van der Waals surface area contributed by atoms with Crippen LogP contribution in [0.1, 0.15) is 12.1 Å². The molecule has 0 aliphatic heterocycles. The molecule has 0 unspecified atom stereocenters. The highest BCUT2D eigenvalue weighted by Gasteiger charge is 1.87. The van der Waals surface area contributed by atoms with Crippen molar-refractivity contribution in [1.82, 2.24) is 9.78 Å².